The number of benzene rings is 5. The summed E-state index contributed by atoms with van der Waals surface area (Å²) in [4.78, 5) is 10.3. The molecule has 2 heterocycles. The van der Waals surface area contributed by atoms with E-state index in [9.17, 15) is 0 Å². The van der Waals surface area contributed by atoms with Gasteiger partial charge < -0.3 is 4.90 Å². The summed E-state index contributed by atoms with van der Waals surface area (Å²) in [6.45, 7) is 6.46. The van der Waals surface area contributed by atoms with Crippen LogP contribution in [0.3, 0.4) is 0 Å². The molecule has 0 unspecified atom stereocenters. The van der Waals surface area contributed by atoms with E-state index in [1.165, 1.54) is 54.4 Å². The largest absolute Gasteiger partial charge is 0.306 e. The Morgan fingerprint density at radius 2 is 1.13 bits per heavy atom. The fourth-order valence-electron chi connectivity index (χ4n) is 5.47. The van der Waals surface area contributed by atoms with Gasteiger partial charge in [0.15, 0.2) is 0 Å². The van der Waals surface area contributed by atoms with Crippen LogP contribution in [0.15, 0.2) is 125 Å². The SMILES string of the molecule is Cc1ccc(-c2cc(-c3ccc(C)cc3)c3c(C)ccc(N4c5ccccc5Sc5ccccc54)c3n2)cc1. The van der Waals surface area contributed by atoms with Crippen LogP contribution in [-0.4, -0.2) is 4.98 Å². The summed E-state index contributed by atoms with van der Waals surface area (Å²) < 4.78 is 0. The molecule has 3 heteroatoms. The third-order valence-corrected chi connectivity index (χ3v) is 8.66. The van der Waals surface area contributed by atoms with E-state index in [1.807, 2.05) is 11.8 Å². The first-order valence-electron chi connectivity index (χ1n) is 13.3. The van der Waals surface area contributed by atoms with Gasteiger partial charge in [-0.3, -0.25) is 0 Å². The van der Waals surface area contributed by atoms with Crippen molar-refractivity contribution in [2.75, 3.05) is 4.90 Å². The maximum absolute atomic E-state index is 5.41. The average Bonchev–Trinajstić information content (AvgIpc) is 2.97. The van der Waals surface area contributed by atoms with Gasteiger partial charge in [0.1, 0.15) is 0 Å². The van der Waals surface area contributed by atoms with Crippen LogP contribution in [0, 0.1) is 20.8 Å². The highest BCUT2D eigenvalue weighted by Gasteiger charge is 2.27. The van der Waals surface area contributed by atoms with Gasteiger partial charge in [0.2, 0.25) is 0 Å². The van der Waals surface area contributed by atoms with Gasteiger partial charge >= 0.3 is 0 Å². The Kier molecular flexibility index (Phi) is 5.75. The Balaban J connectivity index is 1.57. The van der Waals surface area contributed by atoms with Crippen molar-refractivity contribution in [1.82, 2.24) is 4.98 Å². The molecule has 0 N–H and O–H groups in total. The van der Waals surface area contributed by atoms with Crippen molar-refractivity contribution >= 4 is 39.7 Å². The maximum Gasteiger partial charge on any atom is 0.0958 e. The Hall–Kier alpha value is -4.34. The molecule has 0 spiro atoms. The van der Waals surface area contributed by atoms with Gasteiger partial charge in [-0.05, 0) is 73.9 Å². The second kappa shape index (κ2) is 9.44. The molecule has 0 saturated carbocycles. The van der Waals surface area contributed by atoms with E-state index < -0.39 is 0 Å². The highest BCUT2D eigenvalue weighted by Crippen LogP contribution is 2.53. The lowest BCUT2D eigenvalue weighted by Gasteiger charge is -2.33. The molecule has 1 aliphatic rings. The van der Waals surface area contributed by atoms with Crippen molar-refractivity contribution < 1.29 is 0 Å². The van der Waals surface area contributed by atoms with E-state index in [1.54, 1.807) is 0 Å². The minimum Gasteiger partial charge on any atom is -0.306 e. The number of nitrogens with zero attached hydrogens (tertiary/aromatic N) is 2. The normalized spacial score (nSPS) is 12.3. The third-order valence-electron chi connectivity index (χ3n) is 7.53. The van der Waals surface area contributed by atoms with Crippen LogP contribution in [-0.2, 0) is 0 Å². The zero-order chi connectivity index (χ0) is 26.5. The van der Waals surface area contributed by atoms with Crippen LogP contribution >= 0.6 is 11.8 Å². The summed E-state index contributed by atoms with van der Waals surface area (Å²) >= 11 is 1.83. The van der Waals surface area contributed by atoms with Crippen LogP contribution in [0.4, 0.5) is 17.1 Å². The summed E-state index contributed by atoms with van der Waals surface area (Å²) in [6, 6.07) is 41.6. The number of rotatable bonds is 3. The monoisotopic (exact) mass is 520 g/mol. The van der Waals surface area contributed by atoms with Crippen molar-refractivity contribution in [3.63, 3.8) is 0 Å². The lowest BCUT2D eigenvalue weighted by molar-refractivity contribution is 1.17. The Morgan fingerprint density at radius 3 is 1.74 bits per heavy atom. The molecule has 188 valence electrons. The van der Waals surface area contributed by atoms with E-state index in [-0.39, 0.29) is 0 Å². The lowest BCUT2D eigenvalue weighted by Crippen LogP contribution is -2.15. The Labute approximate surface area is 234 Å². The van der Waals surface area contributed by atoms with Gasteiger partial charge in [-0.1, -0.05) is 102 Å². The molecule has 7 rings (SSSR count). The maximum atomic E-state index is 5.41. The average molecular weight is 521 g/mol. The minimum atomic E-state index is 0.984. The number of para-hydroxylation sites is 2. The predicted molar refractivity (Wildman–Crippen MR) is 166 cm³/mol. The molecule has 0 bridgehead atoms. The quantitative estimate of drug-likeness (QED) is 0.230. The molecular formula is C36H28N2S. The van der Waals surface area contributed by atoms with Gasteiger partial charge in [0.25, 0.3) is 0 Å². The van der Waals surface area contributed by atoms with Gasteiger partial charge in [-0.25, -0.2) is 4.98 Å². The van der Waals surface area contributed by atoms with Crippen molar-refractivity contribution in [3.8, 4) is 22.4 Å². The summed E-state index contributed by atoms with van der Waals surface area (Å²) in [5.74, 6) is 0. The van der Waals surface area contributed by atoms with Crippen LogP contribution < -0.4 is 4.90 Å². The highest BCUT2D eigenvalue weighted by atomic mass is 32.2. The van der Waals surface area contributed by atoms with Gasteiger partial charge in [0, 0.05) is 20.7 Å². The van der Waals surface area contributed by atoms with E-state index >= 15 is 0 Å². The number of anilines is 3. The van der Waals surface area contributed by atoms with Gasteiger partial charge in [-0.2, -0.15) is 0 Å². The first-order chi connectivity index (χ1) is 19.1. The van der Waals surface area contributed by atoms with Crippen molar-refractivity contribution in [2.45, 2.75) is 30.6 Å². The van der Waals surface area contributed by atoms with Crippen molar-refractivity contribution in [2.24, 2.45) is 0 Å². The topological polar surface area (TPSA) is 16.1 Å². The number of aromatic nitrogens is 1. The second-order valence-electron chi connectivity index (χ2n) is 10.3. The molecule has 6 aromatic rings. The molecule has 0 atom stereocenters. The van der Waals surface area contributed by atoms with Gasteiger partial charge in [0.05, 0.1) is 28.3 Å². The van der Waals surface area contributed by atoms with Crippen LogP contribution in [0.1, 0.15) is 16.7 Å². The number of aryl methyl sites for hydroxylation is 3. The van der Waals surface area contributed by atoms with Crippen LogP contribution in [0.25, 0.3) is 33.3 Å². The lowest BCUT2D eigenvalue weighted by atomic mass is 9.94. The summed E-state index contributed by atoms with van der Waals surface area (Å²) in [5.41, 5.74) is 12.7. The number of pyridine rings is 1. The molecule has 0 radical (unpaired) electrons. The first kappa shape index (κ1) is 23.8. The zero-order valence-corrected chi connectivity index (χ0v) is 23.1. The van der Waals surface area contributed by atoms with E-state index in [2.05, 4.69) is 141 Å². The number of fused-ring (bicyclic) bond motifs is 3. The van der Waals surface area contributed by atoms with Crippen LogP contribution in [0.5, 0.6) is 0 Å². The van der Waals surface area contributed by atoms with Gasteiger partial charge in [-0.15, -0.1) is 0 Å². The van der Waals surface area contributed by atoms with E-state index in [0.717, 1.165) is 22.5 Å². The second-order valence-corrected chi connectivity index (χ2v) is 11.4. The Morgan fingerprint density at radius 1 is 0.564 bits per heavy atom. The molecule has 0 amide bonds. The molecule has 5 aromatic carbocycles. The molecule has 0 aliphatic carbocycles. The molecule has 2 nitrogen and oxygen atoms in total. The molecule has 0 fully saturated rings. The molecule has 1 aromatic heterocycles. The van der Waals surface area contributed by atoms with E-state index in [4.69, 9.17) is 4.98 Å². The molecular weight excluding hydrogens is 492 g/mol. The summed E-state index contributed by atoms with van der Waals surface area (Å²) in [5, 5.41) is 1.19. The predicted octanol–water partition coefficient (Wildman–Crippen LogP) is 10.4. The Bertz CT molecular complexity index is 1810. The minimum absolute atomic E-state index is 0.984. The molecule has 39 heavy (non-hydrogen) atoms. The van der Waals surface area contributed by atoms with Crippen molar-refractivity contribution in [3.05, 3.63) is 132 Å². The van der Waals surface area contributed by atoms with Crippen molar-refractivity contribution in [1.29, 1.82) is 0 Å². The van der Waals surface area contributed by atoms with E-state index in [0.29, 0.717) is 0 Å². The smallest absolute Gasteiger partial charge is 0.0958 e. The standard InChI is InChI=1S/C36H28N2S/c1-23-12-17-26(18-13-23)28-22-29(27-19-14-24(2)15-20-27)37-36-32(21-16-25(3)35(28)36)38-30-8-4-6-10-33(30)39-34-11-7-5-9-31(34)38/h4-22H,1-3H3. The molecule has 0 saturated heterocycles. The fourth-order valence-corrected chi connectivity index (χ4v) is 6.53. The fraction of sp³-hybridized carbons (Fsp3) is 0.0833. The third kappa shape index (κ3) is 4.10. The summed E-state index contributed by atoms with van der Waals surface area (Å²) in [6.07, 6.45) is 0. The number of hydrogen-bond acceptors (Lipinski definition) is 3. The highest BCUT2D eigenvalue weighted by molar-refractivity contribution is 7.99. The molecule has 1 aliphatic heterocycles. The zero-order valence-electron chi connectivity index (χ0n) is 22.3. The summed E-state index contributed by atoms with van der Waals surface area (Å²) in [7, 11) is 0. The number of hydrogen-bond donors (Lipinski definition) is 0. The van der Waals surface area contributed by atoms with Crippen LogP contribution in [0.2, 0.25) is 0 Å². The first-order valence-corrected chi connectivity index (χ1v) is 14.1.